The average Bonchev–Trinajstić information content (AvgIpc) is 2.40. The molecule has 104 valence electrons. The van der Waals surface area contributed by atoms with Gasteiger partial charge in [0.1, 0.15) is 0 Å². The number of nitrogen functional groups attached to an aromatic ring is 1. The Morgan fingerprint density at radius 1 is 1.42 bits per heavy atom. The number of carbonyl (C=O) groups excluding carboxylic acids is 1. The summed E-state index contributed by atoms with van der Waals surface area (Å²) in [5.74, 6) is 0.0272. The van der Waals surface area contributed by atoms with Crippen molar-refractivity contribution >= 4 is 11.6 Å². The maximum absolute atomic E-state index is 12.6. The fourth-order valence-corrected chi connectivity index (χ4v) is 2.87. The van der Waals surface area contributed by atoms with E-state index in [1.807, 2.05) is 18.7 Å². The maximum Gasteiger partial charge on any atom is 0.257 e. The number of hydrogen-bond acceptors (Lipinski definition) is 3. The monoisotopic (exact) mass is 261 g/mol. The van der Waals surface area contributed by atoms with E-state index in [4.69, 9.17) is 5.73 Å². The molecule has 1 aliphatic rings. The van der Waals surface area contributed by atoms with Crippen molar-refractivity contribution in [3.05, 3.63) is 23.5 Å². The molecule has 4 heteroatoms. The highest BCUT2D eigenvalue weighted by atomic mass is 16.2. The number of nitrogens with zero attached hydrogens (tertiary/aromatic N) is 2. The zero-order valence-corrected chi connectivity index (χ0v) is 11.9. The van der Waals surface area contributed by atoms with Crippen LogP contribution in [-0.4, -0.2) is 28.4 Å². The molecule has 1 amide bonds. The summed E-state index contributed by atoms with van der Waals surface area (Å²) in [6.45, 7) is 4.64. The van der Waals surface area contributed by atoms with Gasteiger partial charge in [-0.05, 0) is 32.8 Å². The Balaban J connectivity index is 2.19. The average molecular weight is 261 g/mol. The van der Waals surface area contributed by atoms with Crippen LogP contribution in [0.1, 0.15) is 55.1 Å². The Morgan fingerprint density at radius 2 is 2.11 bits per heavy atom. The van der Waals surface area contributed by atoms with E-state index >= 15 is 0 Å². The quantitative estimate of drug-likeness (QED) is 0.910. The Labute approximate surface area is 115 Å². The Hall–Kier alpha value is -1.58. The summed E-state index contributed by atoms with van der Waals surface area (Å²) in [7, 11) is 0. The number of hydrogen-bond donors (Lipinski definition) is 1. The van der Waals surface area contributed by atoms with Gasteiger partial charge in [-0.25, -0.2) is 0 Å². The number of carbonyl (C=O) groups is 1. The molecule has 0 saturated heterocycles. The van der Waals surface area contributed by atoms with Gasteiger partial charge in [0.05, 0.1) is 5.56 Å². The van der Waals surface area contributed by atoms with Crippen molar-refractivity contribution in [1.82, 2.24) is 9.88 Å². The molecule has 1 aliphatic carbocycles. The van der Waals surface area contributed by atoms with Crippen molar-refractivity contribution in [2.24, 2.45) is 0 Å². The first-order chi connectivity index (χ1) is 9.13. The van der Waals surface area contributed by atoms with Crippen LogP contribution in [-0.2, 0) is 0 Å². The number of amides is 1. The van der Waals surface area contributed by atoms with Crippen molar-refractivity contribution < 1.29 is 4.79 Å². The van der Waals surface area contributed by atoms with Crippen molar-refractivity contribution in [3.63, 3.8) is 0 Å². The smallest absolute Gasteiger partial charge is 0.257 e. The van der Waals surface area contributed by atoms with Crippen LogP contribution in [0.15, 0.2) is 12.3 Å². The van der Waals surface area contributed by atoms with Gasteiger partial charge >= 0.3 is 0 Å². The van der Waals surface area contributed by atoms with Crippen LogP contribution >= 0.6 is 0 Å². The van der Waals surface area contributed by atoms with Gasteiger partial charge in [0, 0.05) is 30.2 Å². The first-order valence-electron chi connectivity index (χ1n) is 7.16. The number of anilines is 1. The Morgan fingerprint density at radius 3 is 2.68 bits per heavy atom. The molecule has 0 unspecified atom stereocenters. The molecular formula is C15H23N3O. The summed E-state index contributed by atoms with van der Waals surface area (Å²) in [6.07, 6.45) is 7.55. The molecule has 1 heterocycles. The minimum Gasteiger partial charge on any atom is -0.398 e. The Kier molecular flexibility index (Phi) is 4.40. The predicted octanol–water partition coefficient (Wildman–Crippen LogP) is 2.77. The molecule has 1 saturated carbocycles. The molecule has 0 aromatic carbocycles. The fourth-order valence-electron chi connectivity index (χ4n) is 2.87. The predicted molar refractivity (Wildman–Crippen MR) is 77.0 cm³/mol. The highest BCUT2D eigenvalue weighted by Crippen LogP contribution is 2.25. The number of rotatable bonds is 3. The molecule has 2 rings (SSSR count). The van der Waals surface area contributed by atoms with Gasteiger partial charge in [0.15, 0.2) is 0 Å². The van der Waals surface area contributed by atoms with E-state index in [0.717, 1.165) is 25.1 Å². The molecule has 19 heavy (non-hydrogen) atoms. The van der Waals surface area contributed by atoms with Gasteiger partial charge in [-0.1, -0.05) is 19.3 Å². The van der Waals surface area contributed by atoms with Crippen molar-refractivity contribution in [2.75, 3.05) is 12.3 Å². The molecule has 1 aromatic rings. The number of pyridine rings is 1. The van der Waals surface area contributed by atoms with Gasteiger partial charge < -0.3 is 10.6 Å². The highest BCUT2D eigenvalue weighted by molar-refractivity contribution is 5.99. The zero-order chi connectivity index (χ0) is 13.8. The van der Waals surface area contributed by atoms with Gasteiger partial charge in [0.25, 0.3) is 5.91 Å². The molecule has 0 spiro atoms. The number of aryl methyl sites for hydroxylation is 1. The summed E-state index contributed by atoms with van der Waals surface area (Å²) in [4.78, 5) is 18.8. The number of nitrogens with two attached hydrogens (primary N) is 1. The number of aromatic nitrogens is 1. The third-order valence-electron chi connectivity index (χ3n) is 3.92. The third kappa shape index (κ3) is 3.06. The lowest BCUT2D eigenvalue weighted by atomic mass is 9.93. The Bertz CT molecular complexity index is 453. The second-order valence-electron chi connectivity index (χ2n) is 5.30. The topological polar surface area (TPSA) is 59.2 Å². The van der Waals surface area contributed by atoms with E-state index < -0.39 is 0 Å². The van der Waals surface area contributed by atoms with Crippen LogP contribution in [0.4, 0.5) is 5.69 Å². The van der Waals surface area contributed by atoms with E-state index in [9.17, 15) is 4.79 Å². The fraction of sp³-hybridized carbons (Fsp3) is 0.600. The van der Waals surface area contributed by atoms with Crippen molar-refractivity contribution in [1.29, 1.82) is 0 Å². The molecule has 2 N–H and O–H groups in total. The third-order valence-corrected chi connectivity index (χ3v) is 3.92. The molecular weight excluding hydrogens is 238 g/mol. The van der Waals surface area contributed by atoms with E-state index in [-0.39, 0.29) is 5.91 Å². The summed E-state index contributed by atoms with van der Waals surface area (Å²) < 4.78 is 0. The van der Waals surface area contributed by atoms with E-state index in [1.54, 1.807) is 12.3 Å². The summed E-state index contributed by atoms with van der Waals surface area (Å²) in [6, 6.07) is 2.13. The summed E-state index contributed by atoms with van der Waals surface area (Å²) >= 11 is 0. The zero-order valence-electron chi connectivity index (χ0n) is 11.9. The highest BCUT2D eigenvalue weighted by Gasteiger charge is 2.26. The first-order valence-corrected chi connectivity index (χ1v) is 7.16. The molecule has 0 atom stereocenters. The van der Waals surface area contributed by atoms with Crippen LogP contribution in [0.5, 0.6) is 0 Å². The van der Waals surface area contributed by atoms with E-state index in [1.165, 1.54) is 19.3 Å². The van der Waals surface area contributed by atoms with Crippen molar-refractivity contribution in [3.8, 4) is 0 Å². The minimum absolute atomic E-state index is 0.0272. The van der Waals surface area contributed by atoms with Crippen LogP contribution < -0.4 is 5.73 Å². The molecule has 4 nitrogen and oxygen atoms in total. The molecule has 1 fully saturated rings. The summed E-state index contributed by atoms with van der Waals surface area (Å²) in [5.41, 5.74) is 7.87. The van der Waals surface area contributed by atoms with Gasteiger partial charge in [-0.3, -0.25) is 9.78 Å². The second kappa shape index (κ2) is 6.04. The largest absolute Gasteiger partial charge is 0.398 e. The summed E-state index contributed by atoms with van der Waals surface area (Å²) in [5, 5.41) is 0. The van der Waals surface area contributed by atoms with Crippen LogP contribution in [0.2, 0.25) is 0 Å². The van der Waals surface area contributed by atoms with Crippen LogP contribution in [0.3, 0.4) is 0 Å². The molecule has 0 bridgehead atoms. The lowest BCUT2D eigenvalue weighted by Gasteiger charge is -2.33. The van der Waals surface area contributed by atoms with Gasteiger partial charge in [-0.15, -0.1) is 0 Å². The second-order valence-corrected chi connectivity index (χ2v) is 5.30. The standard InChI is InChI=1S/C15H23N3O/c1-3-18(12-7-5-4-6-8-12)15(19)13-10-17-11(2)9-14(13)16/h9-10,12H,3-8H2,1-2H3,(H2,16,17). The molecule has 0 aliphatic heterocycles. The minimum atomic E-state index is 0.0272. The van der Waals surface area contributed by atoms with Gasteiger partial charge in [-0.2, -0.15) is 0 Å². The van der Waals surface area contributed by atoms with E-state index in [2.05, 4.69) is 4.98 Å². The van der Waals surface area contributed by atoms with Crippen LogP contribution in [0.25, 0.3) is 0 Å². The van der Waals surface area contributed by atoms with Crippen LogP contribution in [0, 0.1) is 6.92 Å². The first kappa shape index (κ1) is 13.8. The maximum atomic E-state index is 12.6. The molecule has 1 aromatic heterocycles. The van der Waals surface area contributed by atoms with Gasteiger partial charge in [0.2, 0.25) is 0 Å². The van der Waals surface area contributed by atoms with Crippen molar-refractivity contribution in [2.45, 2.75) is 52.0 Å². The lowest BCUT2D eigenvalue weighted by Crippen LogP contribution is -2.41. The lowest BCUT2D eigenvalue weighted by molar-refractivity contribution is 0.0648. The normalized spacial score (nSPS) is 16.3. The van der Waals surface area contributed by atoms with E-state index in [0.29, 0.717) is 17.3 Å². The SMILES string of the molecule is CCN(C(=O)c1cnc(C)cc1N)C1CCCCC1. The molecule has 0 radical (unpaired) electrons.